The molecule has 2 saturated heterocycles. The number of anilines is 1. The molecule has 120 valence electrons. The highest BCUT2D eigenvalue weighted by Crippen LogP contribution is 2.57. The van der Waals surface area contributed by atoms with Crippen molar-refractivity contribution in [3.05, 3.63) is 54.6 Å². The summed E-state index contributed by atoms with van der Waals surface area (Å²) in [5.74, 6) is -1.20. The topological polar surface area (TPSA) is 46.6 Å². The third-order valence-corrected chi connectivity index (χ3v) is 5.73. The minimum atomic E-state index is -0.689. The number of carbonyl (C=O) groups is 2. The molecular weight excluding hydrogens is 302 g/mol. The summed E-state index contributed by atoms with van der Waals surface area (Å²) in [7, 11) is 0. The summed E-state index contributed by atoms with van der Waals surface area (Å²) in [5.41, 5.74) is -0.708. The van der Waals surface area contributed by atoms with E-state index in [2.05, 4.69) is 0 Å². The Hall–Kier alpha value is -2.46. The maximum Gasteiger partial charge on any atom is 0.241 e. The van der Waals surface area contributed by atoms with Gasteiger partial charge in [0.05, 0.1) is 28.7 Å². The molecule has 3 aliphatic heterocycles. The number of nitrogens with zero attached hydrogens (tertiary/aromatic N) is 1. The molecule has 5 rings (SSSR count). The largest absolute Gasteiger partial charge is 0.359 e. The lowest BCUT2D eigenvalue weighted by Gasteiger charge is -2.26. The Morgan fingerprint density at radius 3 is 2.12 bits per heavy atom. The summed E-state index contributed by atoms with van der Waals surface area (Å²) >= 11 is 0. The lowest BCUT2D eigenvalue weighted by molar-refractivity contribution is -0.128. The molecule has 2 aromatic carbocycles. The van der Waals surface area contributed by atoms with E-state index in [4.69, 9.17) is 4.74 Å². The molecule has 0 unspecified atom stereocenters. The van der Waals surface area contributed by atoms with Crippen molar-refractivity contribution >= 4 is 28.3 Å². The Labute approximate surface area is 139 Å². The Morgan fingerprint density at radius 2 is 1.46 bits per heavy atom. The molecule has 4 nitrogen and oxygen atoms in total. The number of imide groups is 1. The van der Waals surface area contributed by atoms with E-state index < -0.39 is 23.0 Å². The van der Waals surface area contributed by atoms with Crippen LogP contribution in [-0.2, 0) is 14.3 Å². The van der Waals surface area contributed by atoms with Crippen molar-refractivity contribution in [1.29, 1.82) is 0 Å². The third-order valence-electron chi connectivity index (χ3n) is 5.73. The fourth-order valence-corrected chi connectivity index (χ4v) is 4.67. The van der Waals surface area contributed by atoms with E-state index >= 15 is 0 Å². The summed E-state index contributed by atoms with van der Waals surface area (Å²) in [6, 6.07) is 13.5. The first-order chi connectivity index (χ1) is 11.4. The molecule has 4 atom stereocenters. The lowest BCUT2D eigenvalue weighted by Crippen LogP contribution is -2.39. The molecule has 24 heavy (non-hydrogen) atoms. The molecule has 2 fully saturated rings. The van der Waals surface area contributed by atoms with E-state index in [0.717, 1.165) is 10.8 Å². The maximum absolute atomic E-state index is 13.2. The minimum absolute atomic E-state index is 0.156. The number of hydrogen-bond acceptors (Lipinski definition) is 3. The number of carbonyl (C=O) groups excluding carboxylic acids is 2. The van der Waals surface area contributed by atoms with Gasteiger partial charge in [-0.2, -0.15) is 0 Å². The zero-order chi connectivity index (χ0) is 16.7. The summed E-state index contributed by atoms with van der Waals surface area (Å²) in [4.78, 5) is 27.7. The third kappa shape index (κ3) is 1.47. The van der Waals surface area contributed by atoms with Crippen molar-refractivity contribution in [3.8, 4) is 0 Å². The lowest BCUT2D eigenvalue weighted by atomic mass is 9.73. The summed E-state index contributed by atoms with van der Waals surface area (Å²) in [6.45, 7) is 3.80. The first kappa shape index (κ1) is 13.9. The van der Waals surface area contributed by atoms with Crippen LogP contribution in [0.5, 0.6) is 0 Å². The molecule has 3 aliphatic rings. The van der Waals surface area contributed by atoms with Crippen molar-refractivity contribution in [1.82, 2.24) is 0 Å². The Balaban J connectivity index is 1.69. The predicted molar refractivity (Wildman–Crippen MR) is 90.5 cm³/mol. The van der Waals surface area contributed by atoms with Crippen LogP contribution < -0.4 is 4.90 Å². The molecule has 0 aromatic heterocycles. The van der Waals surface area contributed by atoms with Gasteiger partial charge in [-0.05, 0) is 25.3 Å². The number of amides is 2. The monoisotopic (exact) mass is 319 g/mol. The average Bonchev–Trinajstić information content (AvgIpc) is 3.11. The van der Waals surface area contributed by atoms with Gasteiger partial charge in [0.25, 0.3) is 0 Å². The van der Waals surface area contributed by atoms with Gasteiger partial charge < -0.3 is 4.74 Å². The molecule has 2 aromatic rings. The van der Waals surface area contributed by atoms with Crippen molar-refractivity contribution in [2.75, 3.05) is 4.90 Å². The standard InChI is InChI=1S/C20H17NO3/c1-19-10-11-20(2,24-19)16-15(19)17(22)21(18(16)23)14-9-5-7-12-6-3-4-8-13(12)14/h3-11,15-16H,1-2H3/t15-,16+,19-,20-/m0/s1. The van der Waals surface area contributed by atoms with Gasteiger partial charge in [0.1, 0.15) is 0 Å². The fourth-order valence-electron chi connectivity index (χ4n) is 4.67. The van der Waals surface area contributed by atoms with Crippen LogP contribution in [0.1, 0.15) is 13.8 Å². The second kappa shape index (κ2) is 4.14. The smallest absolute Gasteiger partial charge is 0.241 e. The molecular formula is C20H17NO3. The Bertz CT molecular complexity index is 908. The zero-order valence-corrected chi connectivity index (χ0v) is 13.5. The van der Waals surface area contributed by atoms with Gasteiger partial charge in [-0.25, -0.2) is 4.90 Å². The van der Waals surface area contributed by atoms with Gasteiger partial charge in [-0.3, -0.25) is 9.59 Å². The van der Waals surface area contributed by atoms with E-state index in [1.807, 2.05) is 68.5 Å². The molecule has 2 bridgehead atoms. The van der Waals surface area contributed by atoms with Gasteiger partial charge in [-0.15, -0.1) is 0 Å². The van der Waals surface area contributed by atoms with Crippen LogP contribution >= 0.6 is 0 Å². The minimum Gasteiger partial charge on any atom is -0.359 e. The Morgan fingerprint density at radius 1 is 0.875 bits per heavy atom. The Kier molecular flexibility index (Phi) is 2.40. The van der Waals surface area contributed by atoms with Gasteiger partial charge >= 0.3 is 0 Å². The van der Waals surface area contributed by atoms with E-state index in [-0.39, 0.29) is 11.8 Å². The van der Waals surface area contributed by atoms with Crippen LogP contribution in [0.4, 0.5) is 5.69 Å². The van der Waals surface area contributed by atoms with Crippen LogP contribution in [0.3, 0.4) is 0 Å². The average molecular weight is 319 g/mol. The molecule has 3 heterocycles. The number of fused-ring (bicyclic) bond motifs is 6. The first-order valence-corrected chi connectivity index (χ1v) is 8.21. The van der Waals surface area contributed by atoms with Crippen molar-refractivity contribution in [2.45, 2.75) is 25.0 Å². The van der Waals surface area contributed by atoms with Gasteiger partial charge in [-0.1, -0.05) is 48.6 Å². The molecule has 0 saturated carbocycles. The second-order valence-electron chi connectivity index (χ2n) is 7.27. The molecule has 2 amide bonds. The zero-order valence-electron chi connectivity index (χ0n) is 13.5. The quantitative estimate of drug-likeness (QED) is 0.599. The maximum atomic E-state index is 13.2. The van der Waals surface area contributed by atoms with Crippen LogP contribution in [-0.4, -0.2) is 23.0 Å². The molecule has 0 radical (unpaired) electrons. The van der Waals surface area contributed by atoms with E-state index in [0.29, 0.717) is 5.69 Å². The van der Waals surface area contributed by atoms with E-state index in [1.165, 1.54) is 4.90 Å². The van der Waals surface area contributed by atoms with E-state index in [1.54, 1.807) is 0 Å². The summed E-state index contributed by atoms with van der Waals surface area (Å²) < 4.78 is 6.05. The first-order valence-electron chi connectivity index (χ1n) is 8.21. The van der Waals surface area contributed by atoms with Crippen LogP contribution in [0.15, 0.2) is 54.6 Å². The van der Waals surface area contributed by atoms with Crippen molar-refractivity contribution < 1.29 is 14.3 Å². The van der Waals surface area contributed by atoms with Crippen LogP contribution in [0, 0.1) is 11.8 Å². The summed E-state index contributed by atoms with van der Waals surface area (Å²) in [6.07, 6.45) is 3.87. The van der Waals surface area contributed by atoms with Crippen LogP contribution in [0.2, 0.25) is 0 Å². The van der Waals surface area contributed by atoms with Gasteiger partial charge in [0.2, 0.25) is 11.8 Å². The number of hydrogen-bond donors (Lipinski definition) is 0. The van der Waals surface area contributed by atoms with Gasteiger partial charge in [0, 0.05) is 5.39 Å². The molecule has 4 heteroatoms. The van der Waals surface area contributed by atoms with Crippen molar-refractivity contribution in [3.63, 3.8) is 0 Å². The van der Waals surface area contributed by atoms with Crippen LogP contribution in [0.25, 0.3) is 10.8 Å². The molecule has 0 N–H and O–H groups in total. The number of benzene rings is 2. The number of rotatable bonds is 1. The highest BCUT2D eigenvalue weighted by Gasteiger charge is 2.70. The van der Waals surface area contributed by atoms with Crippen molar-refractivity contribution in [2.24, 2.45) is 11.8 Å². The second-order valence-corrected chi connectivity index (χ2v) is 7.27. The summed E-state index contributed by atoms with van der Waals surface area (Å²) in [5, 5.41) is 1.93. The van der Waals surface area contributed by atoms with E-state index in [9.17, 15) is 9.59 Å². The SMILES string of the molecule is C[C@@]12C=C[C@](C)(O1)[C@H]1C(=O)N(c3cccc4ccccc34)C(=O)[C@H]12. The van der Waals surface area contributed by atoms with Gasteiger partial charge in [0.15, 0.2) is 0 Å². The predicted octanol–water partition coefficient (Wildman–Crippen LogP) is 3.06. The fraction of sp³-hybridized carbons (Fsp3) is 0.300. The normalized spacial score (nSPS) is 36.8. The number of ether oxygens (including phenoxy) is 1. The molecule has 0 aliphatic carbocycles. The molecule has 0 spiro atoms. The highest BCUT2D eigenvalue weighted by molar-refractivity contribution is 6.26. The highest BCUT2D eigenvalue weighted by atomic mass is 16.5.